The monoisotopic (exact) mass is 523 g/mol. The Morgan fingerprint density at radius 2 is 2.00 bits per heavy atom. The first kappa shape index (κ1) is 25.1. The van der Waals surface area contributed by atoms with E-state index in [2.05, 4.69) is 0 Å². The molecular weight excluding hydrogens is 497 g/mol. The first-order valence-electron chi connectivity index (χ1n) is 11.0. The van der Waals surface area contributed by atoms with Gasteiger partial charge in [0, 0.05) is 28.2 Å². The van der Waals surface area contributed by atoms with Gasteiger partial charge in [-0.3, -0.25) is 4.90 Å². The van der Waals surface area contributed by atoms with Crippen molar-refractivity contribution in [2.24, 2.45) is 0 Å². The zero-order valence-corrected chi connectivity index (χ0v) is 21.1. The Hall–Kier alpha value is -2.03. The van der Waals surface area contributed by atoms with Gasteiger partial charge in [0.15, 0.2) is 9.84 Å². The predicted octanol–water partition coefficient (Wildman–Crippen LogP) is 4.99. The highest BCUT2D eigenvalue weighted by atomic mass is 35.5. The largest absolute Gasteiger partial charge is 0.491 e. The lowest BCUT2D eigenvalue weighted by Gasteiger charge is -2.29. The molecule has 2 heterocycles. The fraction of sp³-hybridized carbons (Fsp3) is 0.360. The third kappa shape index (κ3) is 6.55. The molecule has 1 aliphatic heterocycles. The SMILES string of the molecule is Cc1cc(OCC(O)CN(Cc2ccc(-c3cccc(Cl)c3)o2)C2CCS(=O)(=O)C2)ccc1Cl. The molecular formula is C25H27Cl2NO5S. The van der Waals surface area contributed by atoms with Gasteiger partial charge in [0.2, 0.25) is 0 Å². The van der Waals surface area contributed by atoms with Crippen molar-refractivity contribution in [3.8, 4) is 17.1 Å². The lowest BCUT2D eigenvalue weighted by atomic mass is 10.2. The van der Waals surface area contributed by atoms with Crippen molar-refractivity contribution in [3.05, 3.63) is 76.0 Å². The standard InChI is InChI=1S/C25H27Cl2NO5S/c1-17-11-22(5-7-24(17)27)32-15-21(29)13-28(20-9-10-34(30,31)16-20)14-23-6-8-25(33-23)18-3-2-4-19(26)12-18/h2-8,11-12,20-21,29H,9-10,13-16H2,1H3. The van der Waals surface area contributed by atoms with Gasteiger partial charge in [0.1, 0.15) is 30.0 Å². The van der Waals surface area contributed by atoms with E-state index < -0.39 is 15.9 Å². The number of benzene rings is 2. The van der Waals surface area contributed by atoms with E-state index in [9.17, 15) is 13.5 Å². The third-order valence-electron chi connectivity index (χ3n) is 5.87. The number of sulfone groups is 1. The highest BCUT2D eigenvalue weighted by molar-refractivity contribution is 7.91. The second-order valence-corrected chi connectivity index (χ2v) is 11.7. The van der Waals surface area contributed by atoms with Crippen LogP contribution in [-0.4, -0.2) is 55.2 Å². The van der Waals surface area contributed by atoms with E-state index >= 15 is 0 Å². The van der Waals surface area contributed by atoms with Gasteiger partial charge in [-0.25, -0.2) is 8.42 Å². The lowest BCUT2D eigenvalue weighted by Crippen LogP contribution is -2.42. The second kappa shape index (κ2) is 10.7. The minimum atomic E-state index is -3.09. The van der Waals surface area contributed by atoms with E-state index in [0.29, 0.717) is 40.3 Å². The number of hydrogen-bond donors (Lipinski definition) is 1. The van der Waals surface area contributed by atoms with Crippen molar-refractivity contribution in [1.29, 1.82) is 0 Å². The minimum absolute atomic E-state index is 0.0683. The Balaban J connectivity index is 1.44. The molecule has 2 atom stereocenters. The summed E-state index contributed by atoms with van der Waals surface area (Å²) in [5.41, 5.74) is 1.75. The number of ether oxygens (including phenoxy) is 1. The maximum absolute atomic E-state index is 12.1. The summed E-state index contributed by atoms with van der Waals surface area (Å²) in [6.45, 7) is 2.58. The molecule has 1 fully saturated rings. The third-order valence-corrected chi connectivity index (χ3v) is 8.28. The van der Waals surface area contributed by atoms with Crippen LogP contribution in [0, 0.1) is 6.92 Å². The maximum atomic E-state index is 12.1. The van der Waals surface area contributed by atoms with Crippen LogP contribution in [0.4, 0.5) is 0 Å². The lowest BCUT2D eigenvalue weighted by molar-refractivity contribution is 0.0498. The molecule has 2 unspecified atom stereocenters. The van der Waals surface area contributed by atoms with Crippen molar-refractivity contribution in [2.75, 3.05) is 24.7 Å². The van der Waals surface area contributed by atoms with Gasteiger partial charge in [-0.05, 0) is 61.4 Å². The van der Waals surface area contributed by atoms with Crippen LogP contribution in [0.1, 0.15) is 17.7 Å². The number of hydrogen-bond acceptors (Lipinski definition) is 6. The summed E-state index contributed by atoms with van der Waals surface area (Å²) in [6, 6.07) is 16.2. The Kier molecular flexibility index (Phi) is 7.90. The van der Waals surface area contributed by atoms with E-state index in [1.54, 1.807) is 18.2 Å². The minimum Gasteiger partial charge on any atom is -0.491 e. The van der Waals surface area contributed by atoms with Gasteiger partial charge in [-0.1, -0.05) is 35.3 Å². The van der Waals surface area contributed by atoms with E-state index in [1.807, 2.05) is 48.2 Å². The van der Waals surface area contributed by atoms with Gasteiger partial charge in [-0.15, -0.1) is 0 Å². The number of aliphatic hydroxyl groups excluding tert-OH is 1. The average molecular weight is 524 g/mol. The van der Waals surface area contributed by atoms with Gasteiger partial charge in [0.25, 0.3) is 0 Å². The highest BCUT2D eigenvalue weighted by Crippen LogP contribution is 2.27. The summed E-state index contributed by atoms with van der Waals surface area (Å²) in [4.78, 5) is 1.96. The molecule has 0 aliphatic carbocycles. The first-order valence-corrected chi connectivity index (χ1v) is 13.6. The summed E-state index contributed by atoms with van der Waals surface area (Å²) >= 11 is 12.2. The normalized spacial score (nSPS) is 18.3. The molecule has 1 saturated heterocycles. The van der Waals surface area contributed by atoms with Crippen molar-refractivity contribution < 1.29 is 22.7 Å². The molecule has 34 heavy (non-hydrogen) atoms. The smallest absolute Gasteiger partial charge is 0.151 e. The molecule has 0 bridgehead atoms. The molecule has 1 N–H and O–H groups in total. The second-order valence-electron chi connectivity index (χ2n) is 8.64. The number of furan rings is 1. The zero-order valence-electron chi connectivity index (χ0n) is 18.8. The summed E-state index contributed by atoms with van der Waals surface area (Å²) in [5, 5.41) is 12.0. The molecule has 0 amide bonds. The van der Waals surface area contributed by atoms with Crippen LogP contribution in [0.25, 0.3) is 11.3 Å². The topological polar surface area (TPSA) is 80.0 Å². The maximum Gasteiger partial charge on any atom is 0.151 e. The highest BCUT2D eigenvalue weighted by Gasteiger charge is 2.33. The fourth-order valence-corrected chi connectivity index (χ4v) is 6.16. The molecule has 1 aliphatic rings. The Morgan fingerprint density at radius 1 is 1.18 bits per heavy atom. The first-order chi connectivity index (χ1) is 16.2. The van der Waals surface area contributed by atoms with Crippen LogP contribution in [0.3, 0.4) is 0 Å². The summed E-state index contributed by atoms with van der Waals surface area (Å²) in [7, 11) is -3.09. The summed E-state index contributed by atoms with van der Waals surface area (Å²) in [5.74, 6) is 2.20. The Morgan fingerprint density at radius 3 is 2.71 bits per heavy atom. The van der Waals surface area contributed by atoms with Crippen LogP contribution < -0.4 is 4.74 Å². The Bertz CT molecular complexity index is 1240. The fourth-order valence-electron chi connectivity index (χ4n) is 4.09. The molecule has 0 saturated carbocycles. The summed E-state index contributed by atoms with van der Waals surface area (Å²) < 4.78 is 36.0. The van der Waals surface area contributed by atoms with E-state index in [4.69, 9.17) is 32.4 Å². The molecule has 4 rings (SSSR count). The molecule has 2 aromatic carbocycles. The van der Waals surface area contributed by atoms with Crippen LogP contribution in [0.5, 0.6) is 5.75 Å². The number of aryl methyl sites for hydroxylation is 1. The molecule has 0 radical (unpaired) electrons. The number of nitrogens with zero attached hydrogens (tertiary/aromatic N) is 1. The zero-order chi connectivity index (χ0) is 24.3. The van der Waals surface area contributed by atoms with Gasteiger partial charge < -0.3 is 14.3 Å². The van der Waals surface area contributed by atoms with Crippen molar-refractivity contribution in [3.63, 3.8) is 0 Å². The molecule has 0 spiro atoms. The number of aliphatic hydroxyl groups is 1. The summed E-state index contributed by atoms with van der Waals surface area (Å²) in [6.07, 6.45) is -0.296. The van der Waals surface area contributed by atoms with E-state index in [0.717, 1.165) is 11.1 Å². The van der Waals surface area contributed by atoms with Gasteiger partial charge >= 0.3 is 0 Å². The van der Waals surface area contributed by atoms with E-state index in [-0.39, 0.29) is 30.7 Å². The molecule has 1 aromatic heterocycles. The van der Waals surface area contributed by atoms with Crippen LogP contribution >= 0.6 is 23.2 Å². The van der Waals surface area contributed by atoms with Gasteiger partial charge in [0.05, 0.1) is 18.1 Å². The average Bonchev–Trinajstić information content (AvgIpc) is 3.40. The predicted molar refractivity (Wildman–Crippen MR) is 134 cm³/mol. The Labute approximate surface area is 210 Å². The molecule has 182 valence electrons. The van der Waals surface area contributed by atoms with Crippen LogP contribution in [-0.2, 0) is 16.4 Å². The number of rotatable bonds is 9. The van der Waals surface area contributed by atoms with Crippen LogP contribution in [0.15, 0.2) is 59.0 Å². The van der Waals surface area contributed by atoms with Crippen molar-refractivity contribution >= 4 is 33.0 Å². The van der Waals surface area contributed by atoms with Crippen molar-refractivity contribution in [1.82, 2.24) is 4.90 Å². The number of halogens is 2. The molecule has 6 nitrogen and oxygen atoms in total. The van der Waals surface area contributed by atoms with E-state index in [1.165, 1.54) is 0 Å². The van der Waals surface area contributed by atoms with Crippen LogP contribution in [0.2, 0.25) is 10.0 Å². The molecule has 9 heteroatoms. The molecule has 3 aromatic rings. The quantitative estimate of drug-likeness (QED) is 0.425. The van der Waals surface area contributed by atoms with Gasteiger partial charge in [-0.2, -0.15) is 0 Å². The van der Waals surface area contributed by atoms with Crippen molar-refractivity contribution in [2.45, 2.75) is 32.0 Å².